The fourth-order valence-corrected chi connectivity index (χ4v) is 3.07. The van der Waals surface area contributed by atoms with Crippen molar-refractivity contribution in [2.24, 2.45) is 11.6 Å². The van der Waals surface area contributed by atoms with Gasteiger partial charge in [-0.15, -0.1) is 0 Å². The second-order valence-corrected chi connectivity index (χ2v) is 7.68. The first-order chi connectivity index (χ1) is 19.0. The summed E-state index contributed by atoms with van der Waals surface area (Å²) in [5.41, 5.74) is 13.3. The molecule has 11 heteroatoms. The van der Waals surface area contributed by atoms with Gasteiger partial charge < -0.3 is 31.4 Å². The lowest BCUT2D eigenvalue weighted by atomic mass is 10.3. The Morgan fingerprint density at radius 2 is 1.49 bits per heavy atom. The molecule has 2 aromatic carbocycles. The van der Waals surface area contributed by atoms with E-state index in [1.165, 1.54) is 11.2 Å². The van der Waals surface area contributed by atoms with Crippen molar-refractivity contribution in [3.63, 3.8) is 0 Å². The summed E-state index contributed by atoms with van der Waals surface area (Å²) in [5, 5.41) is 13.2. The Balaban J connectivity index is 0.00000181. The van der Waals surface area contributed by atoms with E-state index in [1.807, 2.05) is 52.0 Å². The lowest BCUT2D eigenvalue weighted by molar-refractivity contribution is -0.137. The fourth-order valence-electron chi connectivity index (χ4n) is 3.07. The Morgan fingerprint density at radius 1 is 0.923 bits per heavy atom. The summed E-state index contributed by atoms with van der Waals surface area (Å²) in [6.07, 6.45) is 3.82. The van der Waals surface area contributed by atoms with Gasteiger partial charge in [-0.1, -0.05) is 27.7 Å². The monoisotopic (exact) mass is 541 g/mol. The van der Waals surface area contributed by atoms with Crippen LogP contribution in [-0.2, 0) is 4.79 Å². The van der Waals surface area contributed by atoms with Crippen molar-refractivity contribution in [1.82, 2.24) is 9.97 Å². The van der Waals surface area contributed by atoms with E-state index in [0.717, 1.165) is 24.3 Å². The summed E-state index contributed by atoms with van der Waals surface area (Å²) in [7, 11) is 0. The molecule has 3 aromatic rings. The number of aromatic nitrogens is 2. The quantitative estimate of drug-likeness (QED) is 0.103. The van der Waals surface area contributed by atoms with E-state index in [4.69, 9.17) is 31.9 Å². The number of anilines is 5. The van der Waals surface area contributed by atoms with Crippen LogP contribution in [0.25, 0.3) is 0 Å². The average Bonchev–Trinajstić information content (AvgIpc) is 2.97. The third kappa shape index (κ3) is 11.9. The molecular formula is C28H43N7O4. The predicted octanol–water partition coefficient (Wildman–Crippen LogP) is 5.23. The number of nitrogens with two attached hydrogens (primary N) is 3. The Bertz CT molecular complexity index is 1080. The first kappa shape index (κ1) is 32.9. The molecule has 0 aliphatic rings. The van der Waals surface area contributed by atoms with Gasteiger partial charge in [-0.05, 0) is 74.3 Å². The van der Waals surface area contributed by atoms with Gasteiger partial charge in [0.05, 0.1) is 30.8 Å². The Morgan fingerprint density at radius 3 is 2.05 bits per heavy atom. The van der Waals surface area contributed by atoms with Gasteiger partial charge in [-0.2, -0.15) is 4.98 Å². The van der Waals surface area contributed by atoms with Crippen molar-refractivity contribution >= 4 is 34.8 Å². The molecule has 1 heterocycles. The van der Waals surface area contributed by atoms with Gasteiger partial charge in [-0.25, -0.2) is 10.8 Å². The maximum absolute atomic E-state index is 10.6. The summed E-state index contributed by atoms with van der Waals surface area (Å²) in [6.45, 7) is 9.60. The Labute approximate surface area is 231 Å². The summed E-state index contributed by atoms with van der Waals surface area (Å²) in [6, 6.07) is 14.5. The zero-order chi connectivity index (χ0) is 29.0. The topological polar surface area (TPSA) is 175 Å². The molecule has 0 fully saturated rings. The second kappa shape index (κ2) is 19.0. The van der Waals surface area contributed by atoms with E-state index in [-0.39, 0.29) is 6.42 Å². The molecule has 0 saturated heterocycles. The van der Waals surface area contributed by atoms with Crippen LogP contribution >= 0.6 is 0 Å². The normalized spacial score (nSPS) is 9.79. The van der Waals surface area contributed by atoms with Crippen molar-refractivity contribution in [3.05, 3.63) is 54.7 Å². The highest BCUT2D eigenvalue weighted by Gasteiger charge is 2.13. The van der Waals surface area contributed by atoms with Crippen LogP contribution < -0.4 is 37.1 Å². The van der Waals surface area contributed by atoms with Crippen molar-refractivity contribution in [2.75, 3.05) is 35.8 Å². The molecule has 3 rings (SSSR count). The number of nitrogens with zero attached hydrogens (tertiary/aromatic N) is 3. The zero-order valence-electron chi connectivity index (χ0n) is 23.4. The third-order valence-corrected chi connectivity index (χ3v) is 4.92. The molecule has 0 spiro atoms. The van der Waals surface area contributed by atoms with Crippen LogP contribution in [0.5, 0.6) is 11.5 Å². The number of carboxylic acids is 1. The first-order valence-electron chi connectivity index (χ1n) is 13.3. The molecule has 0 atom stereocenters. The number of benzene rings is 2. The Hall–Kier alpha value is -4.09. The highest BCUT2D eigenvalue weighted by Crippen LogP contribution is 2.28. The van der Waals surface area contributed by atoms with Gasteiger partial charge in [0.15, 0.2) is 5.82 Å². The molecule has 0 radical (unpaired) electrons. The van der Waals surface area contributed by atoms with Crippen molar-refractivity contribution in [2.45, 2.75) is 53.4 Å². The van der Waals surface area contributed by atoms with Crippen LogP contribution in [-0.4, -0.2) is 40.8 Å². The van der Waals surface area contributed by atoms with Gasteiger partial charge >= 0.3 is 5.97 Å². The van der Waals surface area contributed by atoms with Crippen LogP contribution in [0.1, 0.15) is 53.4 Å². The number of aliphatic carboxylic acids is 1. The molecule has 0 saturated carbocycles. The molecule has 1 aromatic heterocycles. The number of carboxylic acid groups (broad SMARTS) is 1. The van der Waals surface area contributed by atoms with Crippen LogP contribution in [0, 0.1) is 0 Å². The smallest absolute Gasteiger partial charge is 0.303 e. The molecule has 214 valence electrons. The maximum atomic E-state index is 10.6. The minimum atomic E-state index is -0.848. The maximum Gasteiger partial charge on any atom is 0.303 e. The van der Waals surface area contributed by atoms with E-state index in [9.17, 15) is 4.79 Å². The number of nitrogens with one attached hydrogen (secondary N) is 1. The number of unbranched alkanes of at least 4 members (excludes halogenated alkanes) is 1. The molecule has 0 aliphatic heterocycles. The van der Waals surface area contributed by atoms with Gasteiger partial charge in [0, 0.05) is 12.1 Å². The first-order valence-corrected chi connectivity index (χ1v) is 13.3. The lowest BCUT2D eigenvalue weighted by Gasteiger charge is -2.20. The average molecular weight is 542 g/mol. The van der Waals surface area contributed by atoms with Gasteiger partial charge in [0.1, 0.15) is 11.5 Å². The van der Waals surface area contributed by atoms with E-state index in [2.05, 4.69) is 15.3 Å². The lowest BCUT2D eigenvalue weighted by Crippen LogP contribution is -2.27. The SMILES string of the molecule is CC.CC.NCCCCOc1ccc(Nc2ncc(N)c(N(N)c3ccc(OCCCC(=O)O)cc3)n2)cc1. The number of carbonyl (C=O) groups is 1. The van der Waals surface area contributed by atoms with Crippen LogP contribution in [0.3, 0.4) is 0 Å². The van der Waals surface area contributed by atoms with E-state index in [1.54, 1.807) is 24.3 Å². The Kier molecular flexibility index (Phi) is 16.1. The summed E-state index contributed by atoms with van der Waals surface area (Å²) in [4.78, 5) is 19.3. The van der Waals surface area contributed by atoms with Crippen LogP contribution in [0.15, 0.2) is 54.7 Å². The van der Waals surface area contributed by atoms with Crippen molar-refractivity contribution < 1.29 is 19.4 Å². The van der Waals surface area contributed by atoms with Gasteiger partial charge in [0.25, 0.3) is 0 Å². The molecule has 0 amide bonds. The van der Waals surface area contributed by atoms with Gasteiger partial charge in [0.2, 0.25) is 5.95 Å². The van der Waals surface area contributed by atoms with Crippen LogP contribution in [0.2, 0.25) is 0 Å². The van der Waals surface area contributed by atoms with Crippen molar-refractivity contribution in [1.29, 1.82) is 0 Å². The number of nitrogen functional groups attached to an aromatic ring is 1. The summed E-state index contributed by atoms with van der Waals surface area (Å²) in [5.74, 6) is 7.47. The zero-order valence-corrected chi connectivity index (χ0v) is 23.4. The molecular weight excluding hydrogens is 498 g/mol. The molecule has 0 aliphatic carbocycles. The fraction of sp³-hybridized carbons (Fsp3) is 0.393. The largest absolute Gasteiger partial charge is 0.494 e. The van der Waals surface area contributed by atoms with Crippen LogP contribution in [0.4, 0.5) is 28.8 Å². The van der Waals surface area contributed by atoms with Gasteiger partial charge in [-0.3, -0.25) is 9.80 Å². The van der Waals surface area contributed by atoms with E-state index < -0.39 is 5.97 Å². The second-order valence-electron chi connectivity index (χ2n) is 7.68. The highest BCUT2D eigenvalue weighted by atomic mass is 16.5. The minimum absolute atomic E-state index is 0.0607. The molecule has 8 N–H and O–H groups in total. The van der Waals surface area contributed by atoms with E-state index in [0.29, 0.717) is 55.1 Å². The molecule has 39 heavy (non-hydrogen) atoms. The highest BCUT2D eigenvalue weighted by molar-refractivity contribution is 5.71. The standard InChI is InChI=1S/C24H31N7O4.2C2H6/c25-13-1-2-14-34-19-9-5-17(6-10-19)29-24-28-16-21(26)23(30-24)31(27)18-7-11-20(12-8-18)35-15-3-4-22(32)33;2*1-2/h5-12,16H,1-4,13-15,25-27H2,(H,32,33)(H,28,29,30);2*1-2H3. The number of rotatable bonds is 14. The minimum Gasteiger partial charge on any atom is -0.494 e. The molecule has 0 bridgehead atoms. The summed E-state index contributed by atoms with van der Waals surface area (Å²) < 4.78 is 11.2. The third-order valence-electron chi connectivity index (χ3n) is 4.92. The van der Waals surface area contributed by atoms with Crippen molar-refractivity contribution in [3.8, 4) is 11.5 Å². The number of hydrazine groups is 1. The summed E-state index contributed by atoms with van der Waals surface area (Å²) >= 11 is 0. The molecule has 11 nitrogen and oxygen atoms in total. The predicted molar refractivity (Wildman–Crippen MR) is 158 cm³/mol. The number of hydrogen-bond donors (Lipinski definition) is 5. The number of ether oxygens (including phenoxy) is 2. The van der Waals surface area contributed by atoms with E-state index >= 15 is 0 Å². The molecule has 0 unspecified atom stereocenters. The number of hydrogen-bond acceptors (Lipinski definition) is 10.